The molecule has 3 heteroatoms. The lowest BCUT2D eigenvalue weighted by Crippen LogP contribution is -2.09. The van der Waals surface area contributed by atoms with Gasteiger partial charge in [0.15, 0.2) is 0 Å². The molecule has 10 aromatic rings. The molecule has 0 amide bonds. The van der Waals surface area contributed by atoms with Crippen molar-refractivity contribution in [3.8, 4) is 22.3 Å². The average molecular weight is 660 g/mol. The highest BCUT2D eigenvalue weighted by molar-refractivity contribution is 7.26. The molecule has 0 saturated heterocycles. The first-order valence-corrected chi connectivity index (χ1v) is 18.2. The van der Waals surface area contributed by atoms with Gasteiger partial charge in [-0.1, -0.05) is 121 Å². The van der Waals surface area contributed by atoms with Crippen molar-refractivity contribution in [3.63, 3.8) is 0 Å². The molecular formula is C46H29NS2. The molecule has 0 unspecified atom stereocenters. The molecule has 1 nitrogen and oxygen atoms in total. The Kier molecular flexibility index (Phi) is 6.61. The molecule has 230 valence electrons. The zero-order chi connectivity index (χ0) is 32.3. The molecular weight excluding hydrogens is 631 g/mol. The Morgan fingerprint density at radius 1 is 0.327 bits per heavy atom. The largest absolute Gasteiger partial charge is 0.310 e. The minimum absolute atomic E-state index is 1.13. The van der Waals surface area contributed by atoms with E-state index >= 15 is 0 Å². The maximum absolute atomic E-state index is 2.38. The quantitative estimate of drug-likeness (QED) is 0.178. The van der Waals surface area contributed by atoms with Crippen LogP contribution < -0.4 is 4.90 Å². The van der Waals surface area contributed by atoms with Crippen LogP contribution in [0.4, 0.5) is 17.1 Å². The molecule has 0 aliphatic carbocycles. The lowest BCUT2D eigenvalue weighted by atomic mass is 9.94. The molecule has 0 aliphatic rings. The number of fused-ring (bicyclic) bond motifs is 8. The summed E-state index contributed by atoms with van der Waals surface area (Å²) >= 11 is 3.74. The highest BCUT2D eigenvalue weighted by atomic mass is 32.1. The van der Waals surface area contributed by atoms with Gasteiger partial charge in [0.2, 0.25) is 0 Å². The zero-order valence-corrected chi connectivity index (χ0v) is 28.1. The molecule has 0 radical (unpaired) electrons. The number of benzene rings is 8. The minimum Gasteiger partial charge on any atom is -0.310 e. The Balaban J connectivity index is 1.12. The second-order valence-corrected chi connectivity index (χ2v) is 14.7. The highest BCUT2D eigenvalue weighted by Gasteiger charge is 2.17. The van der Waals surface area contributed by atoms with Crippen LogP contribution in [-0.4, -0.2) is 0 Å². The smallest absolute Gasteiger partial charge is 0.0476 e. The third kappa shape index (κ3) is 4.74. The van der Waals surface area contributed by atoms with Crippen molar-refractivity contribution in [1.29, 1.82) is 0 Å². The summed E-state index contributed by atoms with van der Waals surface area (Å²) < 4.78 is 5.28. The van der Waals surface area contributed by atoms with Crippen LogP contribution in [0.3, 0.4) is 0 Å². The van der Waals surface area contributed by atoms with Gasteiger partial charge in [0, 0.05) is 57.4 Å². The van der Waals surface area contributed by atoms with E-state index in [4.69, 9.17) is 0 Å². The van der Waals surface area contributed by atoms with Crippen molar-refractivity contribution in [3.05, 3.63) is 176 Å². The number of hydrogen-bond acceptors (Lipinski definition) is 3. The fraction of sp³-hybridized carbons (Fsp3) is 0. The molecule has 0 saturated carbocycles. The van der Waals surface area contributed by atoms with E-state index in [1.54, 1.807) is 0 Å². The van der Waals surface area contributed by atoms with Crippen LogP contribution in [0.1, 0.15) is 0 Å². The van der Waals surface area contributed by atoms with Crippen molar-refractivity contribution < 1.29 is 0 Å². The van der Waals surface area contributed by atoms with Crippen LogP contribution in [0.15, 0.2) is 176 Å². The molecule has 2 heterocycles. The van der Waals surface area contributed by atoms with Gasteiger partial charge in [-0.3, -0.25) is 0 Å². The van der Waals surface area contributed by atoms with Gasteiger partial charge in [0.1, 0.15) is 0 Å². The maximum Gasteiger partial charge on any atom is 0.0476 e. The van der Waals surface area contributed by atoms with Crippen LogP contribution in [-0.2, 0) is 0 Å². The van der Waals surface area contributed by atoms with E-state index in [0.717, 1.165) is 17.1 Å². The Morgan fingerprint density at radius 3 is 1.69 bits per heavy atom. The maximum atomic E-state index is 2.38. The van der Waals surface area contributed by atoms with Gasteiger partial charge in [-0.05, 0) is 87.6 Å². The lowest BCUT2D eigenvalue weighted by molar-refractivity contribution is 1.29. The van der Waals surface area contributed by atoms with E-state index < -0.39 is 0 Å². The minimum atomic E-state index is 1.13. The summed E-state index contributed by atoms with van der Waals surface area (Å²) in [5.74, 6) is 0. The van der Waals surface area contributed by atoms with Crippen LogP contribution >= 0.6 is 22.7 Å². The fourth-order valence-electron chi connectivity index (χ4n) is 7.36. The van der Waals surface area contributed by atoms with Gasteiger partial charge >= 0.3 is 0 Å². The summed E-state index contributed by atoms with van der Waals surface area (Å²) in [4.78, 5) is 2.38. The predicted octanol–water partition coefficient (Wildman–Crippen LogP) is 14.4. The van der Waals surface area contributed by atoms with Crippen molar-refractivity contribution in [2.45, 2.75) is 0 Å². The number of nitrogens with zero attached hydrogens (tertiary/aromatic N) is 1. The molecule has 0 spiro atoms. The number of anilines is 3. The SMILES string of the molecule is c1ccc(-c2ccc(N(c3ccc(-c4cccc5ccc6sc7ccccc7c6c45)cc3)c3ccc4c(c3)sc3ccccc34)cc2)cc1. The molecule has 49 heavy (non-hydrogen) atoms. The van der Waals surface area contributed by atoms with Gasteiger partial charge in [0.05, 0.1) is 0 Å². The lowest BCUT2D eigenvalue weighted by Gasteiger charge is -2.26. The topological polar surface area (TPSA) is 3.24 Å². The monoisotopic (exact) mass is 659 g/mol. The second-order valence-electron chi connectivity index (χ2n) is 12.5. The molecule has 0 N–H and O–H groups in total. The Labute approximate surface area is 292 Å². The van der Waals surface area contributed by atoms with Crippen molar-refractivity contribution in [1.82, 2.24) is 0 Å². The normalized spacial score (nSPS) is 11.7. The molecule has 2 aromatic heterocycles. The number of rotatable bonds is 5. The zero-order valence-electron chi connectivity index (χ0n) is 26.5. The average Bonchev–Trinajstić information content (AvgIpc) is 3.74. The summed E-state index contributed by atoms with van der Waals surface area (Å²) in [6.07, 6.45) is 0. The van der Waals surface area contributed by atoms with Crippen LogP contribution in [0.5, 0.6) is 0 Å². The van der Waals surface area contributed by atoms with Crippen LogP contribution in [0.25, 0.3) is 73.4 Å². The Morgan fingerprint density at radius 2 is 0.918 bits per heavy atom. The molecule has 0 atom stereocenters. The molecule has 10 rings (SSSR count). The van der Waals surface area contributed by atoms with Gasteiger partial charge in [0.25, 0.3) is 0 Å². The third-order valence-electron chi connectivity index (χ3n) is 9.67. The van der Waals surface area contributed by atoms with E-state index in [1.165, 1.54) is 73.4 Å². The third-order valence-corrected chi connectivity index (χ3v) is 11.9. The Hall–Kier alpha value is -5.74. The standard InChI is InChI=1S/C46H29NS2/c1-2-9-30(10-3-1)31-17-22-34(23-18-31)47(36-26-27-39-38-12-4-6-15-41(38)49-44(39)29-36)35-24-19-32(20-25-35)37-14-8-11-33-21-28-43-46(45(33)37)40-13-5-7-16-42(40)48-43/h1-29H. The summed E-state index contributed by atoms with van der Waals surface area (Å²) in [5, 5.41) is 7.92. The molecule has 0 aliphatic heterocycles. The summed E-state index contributed by atoms with van der Waals surface area (Å²) in [6, 6.07) is 64.4. The van der Waals surface area contributed by atoms with E-state index in [9.17, 15) is 0 Å². The van der Waals surface area contributed by atoms with Gasteiger partial charge in [-0.15, -0.1) is 22.7 Å². The number of thiophene rings is 2. The first-order valence-electron chi connectivity index (χ1n) is 16.6. The van der Waals surface area contributed by atoms with Crippen LogP contribution in [0.2, 0.25) is 0 Å². The summed E-state index contributed by atoms with van der Waals surface area (Å²) in [6.45, 7) is 0. The van der Waals surface area contributed by atoms with Crippen molar-refractivity contribution in [2.24, 2.45) is 0 Å². The van der Waals surface area contributed by atoms with Gasteiger partial charge in [-0.25, -0.2) is 0 Å². The molecule has 0 fully saturated rings. The first kappa shape index (κ1) is 28.3. The van der Waals surface area contributed by atoms with Crippen LogP contribution in [0, 0.1) is 0 Å². The van der Waals surface area contributed by atoms with E-state index in [2.05, 4.69) is 181 Å². The van der Waals surface area contributed by atoms with E-state index in [1.807, 2.05) is 22.7 Å². The molecule has 8 aromatic carbocycles. The Bertz CT molecular complexity index is 2810. The number of hydrogen-bond donors (Lipinski definition) is 0. The molecule has 0 bridgehead atoms. The fourth-order valence-corrected chi connectivity index (χ4v) is 9.61. The van der Waals surface area contributed by atoms with Crippen molar-refractivity contribution >= 4 is 90.9 Å². The summed E-state index contributed by atoms with van der Waals surface area (Å²) in [5.41, 5.74) is 8.32. The summed E-state index contributed by atoms with van der Waals surface area (Å²) in [7, 11) is 0. The van der Waals surface area contributed by atoms with Crippen molar-refractivity contribution in [2.75, 3.05) is 4.90 Å². The first-order chi connectivity index (χ1) is 24.3. The second kappa shape index (κ2) is 11.5. The highest BCUT2D eigenvalue weighted by Crippen LogP contribution is 2.44. The van der Waals surface area contributed by atoms with Gasteiger partial charge < -0.3 is 4.90 Å². The van der Waals surface area contributed by atoms with E-state index in [0.29, 0.717) is 0 Å². The van der Waals surface area contributed by atoms with E-state index in [-0.39, 0.29) is 0 Å². The predicted molar refractivity (Wildman–Crippen MR) is 215 cm³/mol. The van der Waals surface area contributed by atoms with Gasteiger partial charge in [-0.2, -0.15) is 0 Å².